The zero-order valence-corrected chi connectivity index (χ0v) is 12.8. The molecule has 2 N–H and O–H groups in total. The molecule has 106 valence electrons. The van der Waals surface area contributed by atoms with Crippen molar-refractivity contribution in [2.75, 3.05) is 18.1 Å². The van der Waals surface area contributed by atoms with E-state index >= 15 is 0 Å². The van der Waals surface area contributed by atoms with Crippen molar-refractivity contribution in [2.45, 2.75) is 39.2 Å². The molecule has 1 aliphatic rings. The number of fused-ring (bicyclic) bond motifs is 1. The molecule has 1 aromatic rings. The predicted molar refractivity (Wildman–Crippen MR) is 84.1 cm³/mol. The number of nitrogens with two attached hydrogens (primary N) is 1. The molecule has 2 rings (SSSR count). The molecule has 1 aromatic carbocycles. The van der Waals surface area contributed by atoms with E-state index in [0.29, 0.717) is 6.04 Å². The predicted octanol–water partition coefficient (Wildman–Crippen LogP) is 3.27. The molecular weight excluding hydrogens is 254 g/mol. The number of hydrogen-bond acceptors (Lipinski definition) is 3. The van der Waals surface area contributed by atoms with E-state index in [1.807, 2.05) is 11.8 Å². The molecule has 1 aliphatic heterocycles. The smallest absolute Gasteiger partial charge is 0.122 e. The first-order chi connectivity index (χ1) is 9.15. The Balaban J connectivity index is 1.73. The highest BCUT2D eigenvalue weighted by Gasteiger charge is 2.12. The first kappa shape index (κ1) is 14.7. The maximum atomic E-state index is 6.18. The van der Waals surface area contributed by atoms with Crippen LogP contribution in [-0.2, 0) is 12.8 Å². The van der Waals surface area contributed by atoms with E-state index in [1.54, 1.807) is 0 Å². The maximum absolute atomic E-state index is 6.18. The van der Waals surface area contributed by atoms with Crippen LogP contribution >= 0.6 is 11.8 Å². The topological polar surface area (TPSA) is 35.2 Å². The molecule has 0 aliphatic carbocycles. The lowest BCUT2D eigenvalue weighted by atomic mass is 10.0. The molecule has 0 bridgehead atoms. The molecule has 0 amide bonds. The summed E-state index contributed by atoms with van der Waals surface area (Å²) in [6.07, 6.45) is 3.21. The molecule has 1 atom stereocenters. The molecular formula is C16H25NOS. The minimum Gasteiger partial charge on any atom is -0.493 e. The summed E-state index contributed by atoms with van der Waals surface area (Å²) in [5.74, 6) is 4.12. The molecule has 0 radical (unpaired) electrons. The van der Waals surface area contributed by atoms with Gasteiger partial charge in [0.05, 0.1) is 6.61 Å². The highest BCUT2D eigenvalue weighted by molar-refractivity contribution is 7.99. The molecule has 2 nitrogen and oxygen atoms in total. The van der Waals surface area contributed by atoms with Gasteiger partial charge in [0.1, 0.15) is 5.75 Å². The second-order valence-corrected chi connectivity index (χ2v) is 6.85. The first-order valence-electron chi connectivity index (χ1n) is 7.23. The molecule has 3 heteroatoms. The van der Waals surface area contributed by atoms with Crippen molar-refractivity contribution in [3.8, 4) is 5.75 Å². The van der Waals surface area contributed by atoms with Gasteiger partial charge in [0.15, 0.2) is 0 Å². The van der Waals surface area contributed by atoms with Crippen LogP contribution in [0.1, 0.15) is 31.4 Å². The van der Waals surface area contributed by atoms with Crippen LogP contribution in [0.5, 0.6) is 5.75 Å². The summed E-state index contributed by atoms with van der Waals surface area (Å²) in [5, 5.41) is 0. The van der Waals surface area contributed by atoms with Gasteiger partial charge in [-0.1, -0.05) is 26.0 Å². The van der Waals surface area contributed by atoms with Gasteiger partial charge in [-0.2, -0.15) is 11.8 Å². The van der Waals surface area contributed by atoms with E-state index in [-0.39, 0.29) is 0 Å². The first-order valence-corrected chi connectivity index (χ1v) is 8.38. The van der Waals surface area contributed by atoms with Crippen molar-refractivity contribution >= 4 is 11.8 Å². The lowest BCUT2D eigenvalue weighted by Gasteiger charge is -2.12. The number of aryl methyl sites for hydroxylation is 1. The van der Waals surface area contributed by atoms with Gasteiger partial charge in [0.2, 0.25) is 0 Å². The van der Waals surface area contributed by atoms with Crippen LogP contribution in [0, 0.1) is 5.92 Å². The number of ether oxygens (including phenoxy) is 1. The van der Waals surface area contributed by atoms with E-state index in [1.165, 1.54) is 16.9 Å². The Hall–Kier alpha value is -0.670. The van der Waals surface area contributed by atoms with Gasteiger partial charge in [-0.05, 0) is 41.7 Å². The Labute approximate surface area is 121 Å². The van der Waals surface area contributed by atoms with Gasteiger partial charge < -0.3 is 10.5 Å². The highest BCUT2D eigenvalue weighted by atomic mass is 32.2. The molecule has 0 spiro atoms. The summed E-state index contributed by atoms with van der Waals surface area (Å²) in [4.78, 5) is 0. The molecule has 1 heterocycles. The zero-order valence-electron chi connectivity index (χ0n) is 12.0. The van der Waals surface area contributed by atoms with Crippen LogP contribution in [0.3, 0.4) is 0 Å². The van der Waals surface area contributed by atoms with Gasteiger partial charge in [-0.25, -0.2) is 0 Å². The molecule has 19 heavy (non-hydrogen) atoms. The maximum Gasteiger partial charge on any atom is 0.122 e. The Morgan fingerprint density at radius 1 is 1.32 bits per heavy atom. The van der Waals surface area contributed by atoms with Crippen LogP contribution < -0.4 is 10.5 Å². The number of rotatable bonds is 7. The summed E-state index contributed by atoms with van der Waals surface area (Å²) < 4.78 is 5.53. The van der Waals surface area contributed by atoms with Crippen LogP contribution in [0.25, 0.3) is 0 Å². The van der Waals surface area contributed by atoms with Crippen LogP contribution in [0.4, 0.5) is 0 Å². The van der Waals surface area contributed by atoms with Crippen molar-refractivity contribution in [1.82, 2.24) is 0 Å². The average molecular weight is 279 g/mol. The lowest BCUT2D eigenvalue weighted by Crippen LogP contribution is -2.24. The molecule has 0 aromatic heterocycles. The SMILES string of the molecule is CC(C)CSCC(N)CCc1ccc2c(c1)CCO2. The van der Waals surface area contributed by atoms with Gasteiger partial charge in [-0.3, -0.25) is 0 Å². The van der Waals surface area contributed by atoms with Gasteiger partial charge in [0, 0.05) is 18.2 Å². The van der Waals surface area contributed by atoms with E-state index in [2.05, 4.69) is 32.0 Å². The molecule has 0 saturated heterocycles. The third-order valence-corrected chi connectivity index (χ3v) is 4.91. The standard InChI is InChI=1S/C16H25NOS/c1-12(2)10-19-11-15(17)5-3-13-4-6-16-14(9-13)7-8-18-16/h4,6,9,12,15H,3,5,7-8,10-11,17H2,1-2H3. The summed E-state index contributed by atoms with van der Waals surface area (Å²) in [5.41, 5.74) is 8.93. The summed E-state index contributed by atoms with van der Waals surface area (Å²) in [6.45, 7) is 5.35. The minimum absolute atomic E-state index is 0.313. The minimum atomic E-state index is 0.313. The van der Waals surface area contributed by atoms with Crippen LogP contribution in [0.2, 0.25) is 0 Å². The Kier molecular flexibility index (Phi) is 5.59. The monoisotopic (exact) mass is 279 g/mol. The van der Waals surface area contributed by atoms with Crippen LogP contribution in [0.15, 0.2) is 18.2 Å². The second kappa shape index (κ2) is 7.20. The number of hydrogen-bond donors (Lipinski definition) is 1. The molecule has 0 saturated carbocycles. The van der Waals surface area contributed by atoms with Crippen molar-refractivity contribution in [3.63, 3.8) is 0 Å². The van der Waals surface area contributed by atoms with Crippen molar-refractivity contribution in [1.29, 1.82) is 0 Å². The summed E-state index contributed by atoms with van der Waals surface area (Å²) in [7, 11) is 0. The second-order valence-electron chi connectivity index (χ2n) is 5.77. The van der Waals surface area contributed by atoms with Crippen molar-refractivity contribution in [3.05, 3.63) is 29.3 Å². The fourth-order valence-electron chi connectivity index (χ4n) is 2.29. The highest BCUT2D eigenvalue weighted by Crippen LogP contribution is 2.26. The van der Waals surface area contributed by atoms with Gasteiger partial charge >= 0.3 is 0 Å². The van der Waals surface area contributed by atoms with E-state index in [0.717, 1.165) is 43.3 Å². The van der Waals surface area contributed by atoms with Crippen molar-refractivity contribution in [2.24, 2.45) is 11.7 Å². The number of benzene rings is 1. The van der Waals surface area contributed by atoms with Gasteiger partial charge in [-0.15, -0.1) is 0 Å². The number of thioether (sulfide) groups is 1. The van der Waals surface area contributed by atoms with Gasteiger partial charge in [0.25, 0.3) is 0 Å². The fraction of sp³-hybridized carbons (Fsp3) is 0.625. The Bertz CT molecular complexity index is 406. The fourth-order valence-corrected chi connectivity index (χ4v) is 3.36. The van der Waals surface area contributed by atoms with E-state index in [4.69, 9.17) is 10.5 Å². The molecule has 1 unspecified atom stereocenters. The lowest BCUT2D eigenvalue weighted by molar-refractivity contribution is 0.357. The van der Waals surface area contributed by atoms with E-state index < -0.39 is 0 Å². The van der Waals surface area contributed by atoms with E-state index in [9.17, 15) is 0 Å². The average Bonchev–Trinajstić information content (AvgIpc) is 2.83. The molecule has 0 fully saturated rings. The third kappa shape index (κ3) is 4.73. The summed E-state index contributed by atoms with van der Waals surface area (Å²) in [6, 6.07) is 6.89. The van der Waals surface area contributed by atoms with Crippen molar-refractivity contribution < 1.29 is 4.74 Å². The largest absolute Gasteiger partial charge is 0.493 e. The normalized spacial score (nSPS) is 15.4. The quantitative estimate of drug-likeness (QED) is 0.832. The zero-order chi connectivity index (χ0) is 13.7. The third-order valence-electron chi connectivity index (χ3n) is 3.34. The summed E-state index contributed by atoms with van der Waals surface area (Å²) >= 11 is 1.98. The Morgan fingerprint density at radius 3 is 2.95 bits per heavy atom. The Morgan fingerprint density at radius 2 is 2.16 bits per heavy atom. The van der Waals surface area contributed by atoms with Crippen LogP contribution in [-0.4, -0.2) is 24.2 Å².